The average molecular weight is 343 g/mol. The van der Waals surface area contributed by atoms with Crippen LogP contribution in [0.15, 0.2) is 37.5 Å². The molecule has 0 unspecified atom stereocenters. The third-order valence-electron chi connectivity index (χ3n) is 2.71. The third-order valence-corrected chi connectivity index (χ3v) is 4.38. The Labute approximate surface area is 123 Å². The topological polar surface area (TPSA) is 76.7 Å². The van der Waals surface area contributed by atoms with Gasteiger partial charge in [0.2, 0.25) is 0 Å². The zero-order chi connectivity index (χ0) is 14.0. The highest BCUT2D eigenvalue weighted by molar-refractivity contribution is 9.10. The van der Waals surface area contributed by atoms with E-state index >= 15 is 0 Å². The van der Waals surface area contributed by atoms with E-state index in [1.807, 2.05) is 32.0 Å². The van der Waals surface area contributed by atoms with Gasteiger partial charge in [-0.05, 0) is 43.3 Å². The van der Waals surface area contributed by atoms with Crippen molar-refractivity contribution >= 4 is 27.7 Å². The lowest BCUT2D eigenvalue weighted by Crippen LogP contribution is -2.16. The first-order valence-corrected chi connectivity index (χ1v) is 7.52. The summed E-state index contributed by atoms with van der Waals surface area (Å²) in [5.74, 6) is 0. The first-order chi connectivity index (χ1) is 9.02. The second-order valence-corrected chi connectivity index (χ2v) is 6.02. The molecule has 1 aromatic heterocycles. The number of halogens is 1. The fourth-order valence-electron chi connectivity index (χ4n) is 1.71. The molecule has 3 N–H and O–H groups in total. The number of nitrogens with two attached hydrogens (primary N) is 1. The minimum absolute atomic E-state index is 0.0207. The predicted molar refractivity (Wildman–Crippen MR) is 79.4 cm³/mol. The van der Waals surface area contributed by atoms with E-state index in [9.17, 15) is 4.79 Å². The molecule has 0 fully saturated rings. The number of H-pyrrole nitrogens is 1. The zero-order valence-electron chi connectivity index (χ0n) is 10.7. The van der Waals surface area contributed by atoms with E-state index in [0.717, 1.165) is 14.9 Å². The van der Waals surface area contributed by atoms with Gasteiger partial charge in [0.25, 0.3) is 0 Å². The van der Waals surface area contributed by atoms with E-state index in [2.05, 4.69) is 26.1 Å². The number of hydrogen-bond acceptors (Lipinski definition) is 4. The highest BCUT2D eigenvalue weighted by Crippen LogP contribution is 2.31. The molecule has 1 aromatic carbocycles. The standard InChI is InChI=1S/C12H15BrN4OS/c1-3-17-11(18)15-16-12(17)19-8-4-5-9(7(2)14)10(13)6-8/h4-7H,3,14H2,1-2H3,(H,15,18)/t7-/m1/s1. The van der Waals surface area contributed by atoms with Gasteiger partial charge in [-0.3, -0.25) is 4.57 Å². The Morgan fingerprint density at radius 3 is 2.89 bits per heavy atom. The normalized spacial score (nSPS) is 12.6. The van der Waals surface area contributed by atoms with Crippen molar-refractivity contribution in [1.82, 2.24) is 14.8 Å². The minimum Gasteiger partial charge on any atom is -0.324 e. The summed E-state index contributed by atoms with van der Waals surface area (Å²) in [6, 6.07) is 5.93. The number of nitrogens with one attached hydrogen (secondary N) is 1. The molecular weight excluding hydrogens is 328 g/mol. The maximum Gasteiger partial charge on any atom is 0.343 e. The third kappa shape index (κ3) is 3.10. The van der Waals surface area contributed by atoms with Gasteiger partial charge < -0.3 is 5.73 Å². The van der Waals surface area contributed by atoms with Crippen LogP contribution in [-0.4, -0.2) is 14.8 Å². The monoisotopic (exact) mass is 342 g/mol. The van der Waals surface area contributed by atoms with Crippen LogP contribution in [0, 0.1) is 0 Å². The highest BCUT2D eigenvalue weighted by Gasteiger charge is 2.10. The Morgan fingerprint density at radius 1 is 1.58 bits per heavy atom. The zero-order valence-corrected chi connectivity index (χ0v) is 13.1. The van der Waals surface area contributed by atoms with E-state index in [1.54, 1.807) is 4.57 Å². The van der Waals surface area contributed by atoms with Crippen molar-refractivity contribution < 1.29 is 0 Å². The number of rotatable bonds is 4. The summed E-state index contributed by atoms with van der Waals surface area (Å²) in [4.78, 5) is 12.5. The minimum atomic E-state index is -0.184. The number of aromatic amines is 1. The summed E-state index contributed by atoms with van der Waals surface area (Å²) in [6.07, 6.45) is 0. The number of aromatic nitrogens is 3. The van der Waals surface area contributed by atoms with E-state index < -0.39 is 0 Å². The van der Waals surface area contributed by atoms with Gasteiger partial charge in [0.05, 0.1) is 0 Å². The van der Waals surface area contributed by atoms with Crippen LogP contribution in [0.4, 0.5) is 0 Å². The number of benzene rings is 1. The molecule has 0 aliphatic rings. The molecule has 2 aromatic rings. The van der Waals surface area contributed by atoms with Crippen LogP contribution >= 0.6 is 27.7 Å². The van der Waals surface area contributed by atoms with Crippen LogP contribution in [0.2, 0.25) is 0 Å². The molecule has 0 saturated heterocycles. The van der Waals surface area contributed by atoms with E-state index in [0.29, 0.717) is 11.7 Å². The predicted octanol–water partition coefficient (Wildman–Crippen LogP) is 2.52. The van der Waals surface area contributed by atoms with Crippen molar-refractivity contribution in [2.24, 2.45) is 5.73 Å². The molecule has 0 radical (unpaired) electrons. The molecule has 2 rings (SSSR count). The lowest BCUT2D eigenvalue weighted by atomic mass is 10.1. The smallest absolute Gasteiger partial charge is 0.324 e. The lowest BCUT2D eigenvalue weighted by molar-refractivity contribution is 0.660. The first-order valence-electron chi connectivity index (χ1n) is 5.91. The Morgan fingerprint density at radius 2 is 2.32 bits per heavy atom. The van der Waals surface area contributed by atoms with Gasteiger partial charge in [-0.15, -0.1) is 5.10 Å². The van der Waals surface area contributed by atoms with Crippen LogP contribution < -0.4 is 11.4 Å². The van der Waals surface area contributed by atoms with Gasteiger partial charge in [-0.25, -0.2) is 9.89 Å². The summed E-state index contributed by atoms with van der Waals surface area (Å²) in [6.45, 7) is 4.45. The summed E-state index contributed by atoms with van der Waals surface area (Å²) < 4.78 is 2.56. The first kappa shape index (κ1) is 14.4. The van der Waals surface area contributed by atoms with Crippen LogP contribution in [0.5, 0.6) is 0 Å². The average Bonchev–Trinajstić information content (AvgIpc) is 2.69. The molecule has 1 atom stereocenters. The van der Waals surface area contributed by atoms with Crippen molar-refractivity contribution in [3.8, 4) is 0 Å². The maximum atomic E-state index is 11.5. The molecule has 19 heavy (non-hydrogen) atoms. The molecule has 0 aliphatic carbocycles. The Kier molecular flexibility index (Phi) is 4.49. The van der Waals surface area contributed by atoms with Crippen molar-refractivity contribution in [3.63, 3.8) is 0 Å². The van der Waals surface area contributed by atoms with Gasteiger partial charge in [-0.2, -0.15) is 0 Å². The van der Waals surface area contributed by atoms with Crippen molar-refractivity contribution in [1.29, 1.82) is 0 Å². The molecule has 7 heteroatoms. The second-order valence-electron chi connectivity index (χ2n) is 4.13. The van der Waals surface area contributed by atoms with Crippen molar-refractivity contribution in [2.75, 3.05) is 0 Å². The van der Waals surface area contributed by atoms with E-state index in [4.69, 9.17) is 5.73 Å². The summed E-state index contributed by atoms with van der Waals surface area (Å²) >= 11 is 4.96. The molecule has 0 saturated carbocycles. The molecule has 0 spiro atoms. The molecule has 102 valence electrons. The SMILES string of the molecule is CCn1c(Sc2ccc([C@@H](C)N)c(Br)c2)n[nH]c1=O. The van der Waals surface area contributed by atoms with Gasteiger partial charge in [0.15, 0.2) is 5.16 Å². The van der Waals surface area contributed by atoms with E-state index in [-0.39, 0.29) is 11.7 Å². The van der Waals surface area contributed by atoms with Crippen LogP contribution in [0.3, 0.4) is 0 Å². The van der Waals surface area contributed by atoms with Crippen LogP contribution in [0.1, 0.15) is 25.5 Å². The number of hydrogen-bond donors (Lipinski definition) is 2. The van der Waals surface area contributed by atoms with Crippen LogP contribution in [0.25, 0.3) is 0 Å². The fourth-order valence-corrected chi connectivity index (χ4v) is 3.53. The highest BCUT2D eigenvalue weighted by atomic mass is 79.9. The van der Waals surface area contributed by atoms with Crippen molar-refractivity contribution in [2.45, 2.75) is 36.5 Å². The fraction of sp³-hybridized carbons (Fsp3) is 0.333. The molecular formula is C12H15BrN4OS. The second kappa shape index (κ2) is 5.94. The van der Waals surface area contributed by atoms with Gasteiger partial charge in [-0.1, -0.05) is 22.0 Å². The number of nitrogens with zero attached hydrogens (tertiary/aromatic N) is 2. The van der Waals surface area contributed by atoms with E-state index in [1.165, 1.54) is 11.8 Å². The van der Waals surface area contributed by atoms with Gasteiger partial charge >= 0.3 is 5.69 Å². The molecule has 5 nitrogen and oxygen atoms in total. The summed E-state index contributed by atoms with van der Waals surface area (Å²) in [5.41, 5.74) is 6.74. The Bertz CT molecular complexity index is 635. The molecule has 0 amide bonds. The van der Waals surface area contributed by atoms with Crippen LogP contribution in [-0.2, 0) is 6.54 Å². The van der Waals surface area contributed by atoms with Gasteiger partial charge in [0, 0.05) is 22.0 Å². The summed E-state index contributed by atoms with van der Waals surface area (Å²) in [7, 11) is 0. The largest absolute Gasteiger partial charge is 0.343 e. The Hall–Kier alpha value is -1.05. The maximum absolute atomic E-state index is 11.5. The molecule has 0 bridgehead atoms. The summed E-state index contributed by atoms with van der Waals surface area (Å²) in [5, 5.41) is 7.14. The van der Waals surface area contributed by atoms with Gasteiger partial charge in [0.1, 0.15) is 0 Å². The molecule has 0 aliphatic heterocycles. The quantitative estimate of drug-likeness (QED) is 0.894. The molecule has 1 heterocycles. The van der Waals surface area contributed by atoms with Crippen molar-refractivity contribution in [3.05, 3.63) is 38.7 Å². The Balaban J connectivity index is 2.29. The lowest BCUT2D eigenvalue weighted by Gasteiger charge is -2.10.